The van der Waals surface area contributed by atoms with Crippen LogP contribution in [0, 0.1) is 5.92 Å². The molecule has 1 aliphatic rings. The van der Waals surface area contributed by atoms with Crippen molar-refractivity contribution in [2.24, 2.45) is 5.92 Å². The highest BCUT2D eigenvalue weighted by atomic mass is 16.2. The maximum absolute atomic E-state index is 11.8. The molecule has 90 valence electrons. The smallest absolute Gasteiger partial charge is 0.225 e. The summed E-state index contributed by atoms with van der Waals surface area (Å²) >= 11 is 0. The van der Waals surface area contributed by atoms with E-state index < -0.39 is 0 Å². The molecule has 1 rings (SSSR count). The van der Waals surface area contributed by atoms with Crippen molar-refractivity contribution in [3.63, 3.8) is 0 Å². The fraction of sp³-hybridized carbons (Fsp3) is 0.667. The van der Waals surface area contributed by atoms with Gasteiger partial charge >= 0.3 is 0 Å². The Morgan fingerprint density at radius 3 is 3.00 bits per heavy atom. The van der Waals surface area contributed by atoms with Crippen LogP contribution in [-0.4, -0.2) is 35.8 Å². The minimum Gasteiger partial charge on any atom is -0.353 e. The van der Waals surface area contributed by atoms with Crippen molar-refractivity contribution in [3.8, 4) is 0 Å². The SMILES string of the molecule is C=CCN1CC(C(=O)NC(C)CC)CC1=O. The quantitative estimate of drug-likeness (QED) is 0.706. The molecule has 0 bridgehead atoms. The van der Waals surface area contributed by atoms with Gasteiger partial charge in [0.2, 0.25) is 11.8 Å². The number of likely N-dealkylation sites (tertiary alicyclic amines) is 1. The second-order valence-corrected chi connectivity index (χ2v) is 4.31. The molecule has 2 unspecified atom stereocenters. The van der Waals surface area contributed by atoms with Crippen molar-refractivity contribution in [3.05, 3.63) is 12.7 Å². The van der Waals surface area contributed by atoms with Crippen LogP contribution < -0.4 is 5.32 Å². The molecule has 0 aliphatic carbocycles. The molecule has 4 heteroatoms. The van der Waals surface area contributed by atoms with E-state index in [2.05, 4.69) is 11.9 Å². The number of nitrogens with zero attached hydrogens (tertiary/aromatic N) is 1. The summed E-state index contributed by atoms with van der Waals surface area (Å²) in [6.07, 6.45) is 2.92. The molecule has 2 amide bonds. The molecule has 16 heavy (non-hydrogen) atoms. The van der Waals surface area contributed by atoms with Crippen LogP contribution in [-0.2, 0) is 9.59 Å². The summed E-state index contributed by atoms with van der Waals surface area (Å²) in [5.41, 5.74) is 0. The van der Waals surface area contributed by atoms with Crippen molar-refractivity contribution in [2.75, 3.05) is 13.1 Å². The van der Waals surface area contributed by atoms with E-state index >= 15 is 0 Å². The third-order valence-corrected chi connectivity index (χ3v) is 2.94. The summed E-state index contributed by atoms with van der Waals surface area (Å²) in [4.78, 5) is 25.0. The number of amides is 2. The molecule has 0 saturated carbocycles. The maximum Gasteiger partial charge on any atom is 0.225 e. The molecular formula is C12H20N2O2. The first kappa shape index (κ1) is 12.7. The lowest BCUT2D eigenvalue weighted by atomic mass is 10.1. The van der Waals surface area contributed by atoms with Crippen LogP contribution >= 0.6 is 0 Å². The van der Waals surface area contributed by atoms with E-state index in [1.807, 2.05) is 13.8 Å². The van der Waals surface area contributed by atoms with Gasteiger partial charge in [-0.25, -0.2) is 0 Å². The first-order valence-electron chi connectivity index (χ1n) is 5.77. The van der Waals surface area contributed by atoms with Crippen LogP contribution in [0.1, 0.15) is 26.7 Å². The van der Waals surface area contributed by atoms with Crippen molar-refractivity contribution in [2.45, 2.75) is 32.7 Å². The summed E-state index contributed by atoms with van der Waals surface area (Å²) in [7, 11) is 0. The molecule has 0 aromatic heterocycles. The van der Waals surface area contributed by atoms with Gasteiger partial charge in [0.1, 0.15) is 0 Å². The zero-order valence-electron chi connectivity index (χ0n) is 10.0. The Morgan fingerprint density at radius 1 is 1.75 bits per heavy atom. The van der Waals surface area contributed by atoms with Crippen LogP contribution in [0.4, 0.5) is 0 Å². The number of rotatable bonds is 5. The van der Waals surface area contributed by atoms with Crippen LogP contribution in [0.5, 0.6) is 0 Å². The summed E-state index contributed by atoms with van der Waals surface area (Å²) in [6.45, 7) is 8.64. The molecular weight excluding hydrogens is 204 g/mol. The highest BCUT2D eigenvalue weighted by Crippen LogP contribution is 2.17. The normalized spacial score (nSPS) is 22.0. The van der Waals surface area contributed by atoms with Gasteiger partial charge in [0.15, 0.2) is 0 Å². The van der Waals surface area contributed by atoms with Gasteiger partial charge in [-0.15, -0.1) is 6.58 Å². The van der Waals surface area contributed by atoms with E-state index in [-0.39, 0.29) is 23.8 Å². The van der Waals surface area contributed by atoms with Gasteiger partial charge in [-0.3, -0.25) is 9.59 Å². The van der Waals surface area contributed by atoms with Crippen LogP contribution in [0.2, 0.25) is 0 Å². The first-order chi connectivity index (χ1) is 7.58. The van der Waals surface area contributed by atoms with Crippen molar-refractivity contribution in [1.82, 2.24) is 10.2 Å². The number of hydrogen-bond donors (Lipinski definition) is 1. The molecule has 0 aromatic carbocycles. The van der Waals surface area contributed by atoms with Gasteiger partial charge in [0.05, 0.1) is 5.92 Å². The van der Waals surface area contributed by atoms with E-state index in [0.717, 1.165) is 6.42 Å². The summed E-state index contributed by atoms with van der Waals surface area (Å²) in [5.74, 6) is -0.153. The third kappa shape index (κ3) is 3.08. The van der Waals surface area contributed by atoms with E-state index in [9.17, 15) is 9.59 Å². The first-order valence-corrected chi connectivity index (χ1v) is 5.77. The minimum absolute atomic E-state index is 0.00531. The van der Waals surface area contributed by atoms with E-state index in [4.69, 9.17) is 0 Å². The van der Waals surface area contributed by atoms with Crippen LogP contribution in [0.25, 0.3) is 0 Å². The van der Waals surface area contributed by atoms with Gasteiger partial charge in [0, 0.05) is 25.6 Å². The fourth-order valence-electron chi connectivity index (χ4n) is 1.74. The number of hydrogen-bond acceptors (Lipinski definition) is 2. The Hall–Kier alpha value is -1.32. The number of carbonyl (C=O) groups is 2. The van der Waals surface area contributed by atoms with E-state index in [1.165, 1.54) is 0 Å². The van der Waals surface area contributed by atoms with Crippen molar-refractivity contribution < 1.29 is 9.59 Å². The van der Waals surface area contributed by atoms with Crippen LogP contribution in [0.3, 0.4) is 0 Å². The van der Waals surface area contributed by atoms with Gasteiger partial charge in [-0.1, -0.05) is 13.0 Å². The Morgan fingerprint density at radius 2 is 2.44 bits per heavy atom. The molecule has 1 heterocycles. The van der Waals surface area contributed by atoms with Gasteiger partial charge < -0.3 is 10.2 Å². The molecule has 1 aliphatic heterocycles. The molecule has 0 radical (unpaired) electrons. The average molecular weight is 224 g/mol. The van der Waals surface area contributed by atoms with Crippen molar-refractivity contribution >= 4 is 11.8 Å². The molecule has 1 fully saturated rings. The average Bonchev–Trinajstić information content (AvgIpc) is 2.61. The fourth-order valence-corrected chi connectivity index (χ4v) is 1.74. The lowest BCUT2D eigenvalue weighted by Gasteiger charge is -2.16. The van der Waals surface area contributed by atoms with Gasteiger partial charge in [-0.2, -0.15) is 0 Å². The third-order valence-electron chi connectivity index (χ3n) is 2.94. The molecule has 2 atom stereocenters. The minimum atomic E-state index is -0.193. The number of carbonyl (C=O) groups excluding carboxylic acids is 2. The number of nitrogens with one attached hydrogen (secondary N) is 1. The standard InChI is InChI=1S/C12H20N2O2/c1-4-6-14-8-10(7-11(14)15)12(16)13-9(3)5-2/h4,9-10H,1,5-8H2,2-3H3,(H,13,16). The molecule has 0 aromatic rings. The summed E-state index contributed by atoms with van der Waals surface area (Å²) in [6, 6.07) is 0.177. The highest BCUT2D eigenvalue weighted by molar-refractivity contribution is 5.89. The van der Waals surface area contributed by atoms with E-state index in [0.29, 0.717) is 19.5 Å². The second kappa shape index (κ2) is 5.68. The zero-order valence-corrected chi connectivity index (χ0v) is 10.0. The predicted molar refractivity (Wildman–Crippen MR) is 62.8 cm³/mol. The molecule has 1 N–H and O–H groups in total. The highest BCUT2D eigenvalue weighted by Gasteiger charge is 2.33. The Bertz CT molecular complexity index is 289. The molecule has 1 saturated heterocycles. The Balaban J connectivity index is 2.48. The topological polar surface area (TPSA) is 49.4 Å². The molecule has 0 spiro atoms. The lowest BCUT2D eigenvalue weighted by Crippen LogP contribution is -2.38. The zero-order chi connectivity index (χ0) is 12.1. The predicted octanol–water partition coefficient (Wildman–Crippen LogP) is 0.936. The summed E-state index contributed by atoms with van der Waals surface area (Å²) < 4.78 is 0. The molecule has 4 nitrogen and oxygen atoms in total. The Labute approximate surface area is 96.7 Å². The summed E-state index contributed by atoms with van der Waals surface area (Å²) in [5, 5.41) is 2.91. The van der Waals surface area contributed by atoms with Gasteiger partial charge in [-0.05, 0) is 13.3 Å². The van der Waals surface area contributed by atoms with Gasteiger partial charge in [0.25, 0.3) is 0 Å². The maximum atomic E-state index is 11.8. The van der Waals surface area contributed by atoms with E-state index in [1.54, 1.807) is 11.0 Å². The van der Waals surface area contributed by atoms with Crippen molar-refractivity contribution in [1.29, 1.82) is 0 Å². The monoisotopic (exact) mass is 224 g/mol. The lowest BCUT2D eigenvalue weighted by molar-refractivity contribution is -0.128. The second-order valence-electron chi connectivity index (χ2n) is 4.31. The Kier molecular flexibility index (Phi) is 4.52. The van der Waals surface area contributed by atoms with Crippen LogP contribution in [0.15, 0.2) is 12.7 Å². The largest absolute Gasteiger partial charge is 0.353 e.